The van der Waals surface area contributed by atoms with E-state index in [1.54, 1.807) is 18.2 Å². The Morgan fingerprint density at radius 1 is 0.520 bits per heavy atom. The van der Waals surface area contributed by atoms with Crippen LogP contribution in [0.4, 0.5) is 64.1 Å². The maximum absolute atomic E-state index is 12.8. The summed E-state index contributed by atoms with van der Waals surface area (Å²) in [7, 11) is 0. The number of rotatable bonds is 12. The van der Waals surface area contributed by atoms with Crippen LogP contribution in [0.2, 0.25) is 0 Å². The van der Waals surface area contributed by atoms with Gasteiger partial charge in [-0.15, -0.1) is 0 Å². The van der Waals surface area contributed by atoms with Crippen molar-refractivity contribution >= 4 is 35.6 Å². The Morgan fingerprint density at radius 3 is 1.10 bits per heavy atom. The van der Waals surface area contributed by atoms with Crippen molar-refractivity contribution in [2.24, 2.45) is 10.2 Å². The molecule has 0 fully saturated rings. The van der Waals surface area contributed by atoms with E-state index in [-0.39, 0.29) is 20.9 Å². The molecule has 0 spiro atoms. The van der Waals surface area contributed by atoms with Gasteiger partial charge in [-0.05, 0) is 65.7 Å². The smallest absolute Gasteiger partial charge is 0.353 e. The van der Waals surface area contributed by atoms with Gasteiger partial charge in [-0.1, -0.05) is 18.2 Å². The Bertz CT molecular complexity index is 1500. The summed E-state index contributed by atoms with van der Waals surface area (Å²) in [5, 5.41) is 7.49. The summed E-state index contributed by atoms with van der Waals surface area (Å²) in [6.07, 6.45) is -17.3. The van der Waals surface area contributed by atoms with E-state index in [4.69, 9.17) is 0 Å². The summed E-state index contributed by atoms with van der Waals surface area (Å²) in [4.78, 5) is 24.9. The highest BCUT2D eigenvalue weighted by atomic mass is 19.4. The van der Waals surface area contributed by atoms with Crippen molar-refractivity contribution in [3.05, 3.63) is 95.1 Å². The molecule has 2 amide bonds. The number of amides is 2. The number of alkyl halides is 12. The number of hydrogen-bond donors (Lipinski definition) is 2. The lowest BCUT2D eigenvalue weighted by atomic mass is 10.1. The van der Waals surface area contributed by atoms with E-state index in [1.807, 2.05) is 0 Å². The summed E-state index contributed by atoms with van der Waals surface area (Å²) in [6, 6.07) is 14.0. The third-order valence-corrected chi connectivity index (χ3v) is 6.14. The lowest BCUT2D eigenvalue weighted by Crippen LogP contribution is -2.40. The molecule has 0 bridgehead atoms. The summed E-state index contributed by atoms with van der Waals surface area (Å²) < 4.78 is 153. The summed E-state index contributed by atoms with van der Waals surface area (Å²) in [5.41, 5.74) is 4.06. The van der Waals surface area contributed by atoms with Crippen molar-refractivity contribution in [3.8, 4) is 0 Å². The van der Waals surface area contributed by atoms with Crippen molar-refractivity contribution in [2.75, 3.05) is 36.0 Å². The predicted molar refractivity (Wildman–Crippen MR) is 158 cm³/mol. The lowest BCUT2D eigenvalue weighted by molar-refractivity contribution is -0.138. The molecule has 0 saturated heterocycles. The zero-order valence-electron chi connectivity index (χ0n) is 25.1. The van der Waals surface area contributed by atoms with E-state index in [9.17, 15) is 62.3 Å². The molecule has 0 aliphatic rings. The molecular weight excluding hydrogens is 704 g/mol. The largest absolute Gasteiger partial charge is 0.405 e. The fourth-order valence-corrected chi connectivity index (χ4v) is 4.17. The zero-order chi connectivity index (χ0) is 37.3. The fraction of sp³-hybridized carbons (Fsp3) is 0.267. The molecule has 2 N–H and O–H groups in total. The molecule has 0 atom stereocenters. The average molecular weight is 729 g/mol. The van der Waals surface area contributed by atoms with Crippen LogP contribution in [-0.2, 0) is 0 Å². The van der Waals surface area contributed by atoms with Crippen LogP contribution in [0.25, 0.3) is 0 Å². The second-order valence-corrected chi connectivity index (χ2v) is 10.3. The van der Waals surface area contributed by atoms with Gasteiger partial charge < -0.3 is 9.80 Å². The molecule has 0 unspecified atom stereocenters. The Balaban J connectivity index is 1.58. The number of hydrogen-bond acceptors (Lipinski definition) is 6. The van der Waals surface area contributed by atoms with Gasteiger partial charge in [-0.3, -0.25) is 9.59 Å². The standard InChI is InChI=1S/C30H24F12N6O2/c31-27(32,33)15-47(16-28(34,35)36)23-8-4-21(5-9-23)25(49)45-43-13-19-2-1-3-20(12-19)14-44-46-26(50)22-6-10-24(11-7-22)48(17-29(37,38)39)18-30(40,41)42/h1-14H,15-18H2,(H,45,49)(H,46,50). The normalized spacial score (nSPS) is 12.7. The molecular formula is C30H24F12N6O2. The molecule has 0 saturated carbocycles. The first-order valence-corrected chi connectivity index (χ1v) is 13.8. The Morgan fingerprint density at radius 2 is 0.820 bits per heavy atom. The van der Waals surface area contributed by atoms with Crippen LogP contribution in [0.1, 0.15) is 31.8 Å². The second kappa shape index (κ2) is 15.9. The van der Waals surface area contributed by atoms with Crippen LogP contribution in [-0.4, -0.2) is 75.1 Å². The van der Waals surface area contributed by atoms with Gasteiger partial charge in [0, 0.05) is 22.5 Å². The molecule has 3 aromatic carbocycles. The third-order valence-electron chi connectivity index (χ3n) is 6.14. The van der Waals surface area contributed by atoms with Gasteiger partial charge >= 0.3 is 24.7 Å². The van der Waals surface area contributed by atoms with Crippen molar-refractivity contribution < 1.29 is 62.3 Å². The van der Waals surface area contributed by atoms with Gasteiger partial charge in [0.1, 0.15) is 26.2 Å². The number of carbonyl (C=O) groups excluding carboxylic acids is 2. The number of anilines is 2. The third kappa shape index (κ3) is 14.0. The number of nitrogens with one attached hydrogen (secondary N) is 2. The molecule has 3 rings (SSSR count). The van der Waals surface area contributed by atoms with Crippen LogP contribution in [0.15, 0.2) is 83.0 Å². The minimum Gasteiger partial charge on any atom is -0.353 e. The first-order chi connectivity index (χ1) is 23.1. The maximum Gasteiger partial charge on any atom is 0.405 e. The van der Waals surface area contributed by atoms with Gasteiger partial charge in [0.2, 0.25) is 0 Å². The Kier molecular flexibility index (Phi) is 12.5. The highest BCUT2D eigenvalue weighted by Crippen LogP contribution is 2.28. The number of nitrogens with zero attached hydrogens (tertiary/aromatic N) is 4. The molecule has 270 valence electrons. The number of benzene rings is 3. The first-order valence-electron chi connectivity index (χ1n) is 13.8. The van der Waals surface area contributed by atoms with Gasteiger partial charge in [0.05, 0.1) is 12.4 Å². The molecule has 20 heteroatoms. The molecule has 0 heterocycles. The van der Waals surface area contributed by atoms with Crippen LogP contribution in [0.5, 0.6) is 0 Å². The van der Waals surface area contributed by atoms with Gasteiger partial charge in [-0.25, -0.2) is 10.9 Å². The van der Waals surface area contributed by atoms with E-state index in [0.717, 1.165) is 48.5 Å². The number of carbonyl (C=O) groups is 2. The predicted octanol–water partition coefficient (Wildman–Crippen LogP) is 7.08. The van der Waals surface area contributed by atoms with Crippen LogP contribution < -0.4 is 20.7 Å². The maximum atomic E-state index is 12.8. The summed E-state index contributed by atoms with van der Waals surface area (Å²) >= 11 is 0. The van der Waals surface area contributed by atoms with Gasteiger partial charge in [0.25, 0.3) is 11.8 Å². The van der Waals surface area contributed by atoms with Crippen LogP contribution >= 0.6 is 0 Å². The van der Waals surface area contributed by atoms with Crippen LogP contribution in [0.3, 0.4) is 0 Å². The van der Waals surface area contributed by atoms with E-state index in [1.165, 1.54) is 18.5 Å². The first kappa shape index (κ1) is 39.1. The lowest BCUT2D eigenvalue weighted by Gasteiger charge is -2.27. The van der Waals surface area contributed by atoms with E-state index in [0.29, 0.717) is 11.1 Å². The second-order valence-electron chi connectivity index (χ2n) is 10.3. The Hall–Kier alpha value is -5.30. The van der Waals surface area contributed by atoms with Crippen molar-refractivity contribution in [2.45, 2.75) is 24.7 Å². The molecule has 0 aromatic heterocycles. The molecule has 8 nitrogen and oxygen atoms in total. The minimum atomic E-state index is -4.91. The molecule has 0 radical (unpaired) electrons. The highest BCUT2D eigenvalue weighted by Gasteiger charge is 2.38. The quantitative estimate of drug-likeness (QED) is 0.119. The van der Waals surface area contributed by atoms with E-state index >= 15 is 0 Å². The average Bonchev–Trinajstić information content (AvgIpc) is 2.98. The number of hydrazone groups is 2. The zero-order valence-corrected chi connectivity index (χ0v) is 25.1. The molecule has 0 aliphatic heterocycles. The summed E-state index contributed by atoms with van der Waals surface area (Å²) in [5.74, 6) is -1.65. The van der Waals surface area contributed by atoms with Gasteiger partial charge in [0.15, 0.2) is 0 Å². The van der Waals surface area contributed by atoms with Crippen molar-refractivity contribution in [1.29, 1.82) is 0 Å². The summed E-state index contributed by atoms with van der Waals surface area (Å²) in [6.45, 7) is -7.45. The molecule has 0 aliphatic carbocycles. The highest BCUT2D eigenvalue weighted by molar-refractivity contribution is 5.96. The fourth-order valence-electron chi connectivity index (χ4n) is 4.17. The molecule has 50 heavy (non-hydrogen) atoms. The Labute approximate surface area is 275 Å². The van der Waals surface area contributed by atoms with Gasteiger partial charge in [-0.2, -0.15) is 62.9 Å². The van der Waals surface area contributed by atoms with Crippen LogP contribution in [0, 0.1) is 0 Å². The number of halogens is 12. The van der Waals surface area contributed by atoms with Crippen molar-refractivity contribution in [3.63, 3.8) is 0 Å². The topological polar surface area (TPSA) is 89.4 Å². The van der Waals surface area contributed by atoms with Crippen molar-refractivity contribution in [1.82, 2.24) is 10.9 Å². The molecule has 3 aromatic rings. The monoisotopic (exact) mass is 728 g/mol. The van der Waals surface area contributed by atoms with E-state index in [2.05, 4.69) is 21.1 Å². The SMILES string of the molecule is O=C(NN=Cc1cccc(C=NNC(=O)c2ccc(N(CC(F)(F)F)CC(F)(F)F)cc2)c1)c1ccc(N(CC(F)(F)F)CC(F)(F)F)cc1. The minimum absolute atomic E-state index is 0.0714. The van der Waals surface area contributed by atoms with E-state index < -0.39 is 74.1 Å².